The molecular formula is C17H17N5O4S2. The van der Waals surface area contributed by atoms with Crippen LogP contribution in [0.5, 0.6) is 5.75 Å². The third-order valence-electron chi connectivity index (χ3n) is 4.54. The summed E-state index contributed by atoms with van der Waals surface area (Å²) in [7, 11) is -2.50. The normalized spacial score (nSPS) is 20.3. The highest BCUT2D eigenvalue weighted by Gasteiger charge is 2.45. The second-order valence-electron chi connectivity index (χ2n) is 6.26. The fourth-order valence-electron chi connectivity index (χ4n) is 3.25. The van der Waals surface area contributed by atoms with Crippen molar-refractivity contribution in [1.82, 2.24) is 23.4 Å². The van der Waals surface area contributed by atoms with Crippen LogP contribution in [0.15, 0.2) is 47.6 Å². The van der Waals surface area contributed by atoms with E-state index < -0.39 is 22.2 Å². The lowest BCUT2D eigenvalue weighted by atomic mass is 10.2. The molecular weight excluding hydrogens is 402 g/mol. The van der Waals surface area contributed by atoms with Crippen molar-refractivity contribution in [3.8, 4) is 5.75 Å². The average molecular weight is 419 g/mol. The molecule has 1 aliphatic rings. The fraction of sp³-hybridized carbons (Fsp3) is 0.294. The van der Waals surface area contributed by atoms with E-state index in [4.69, 9.17) is 4.74 Å². The Kier molecular flexibility index (Phi) is 4.96. The maximum absolute atomic E-state index is 13.4. The number of rotatable bonds is 5. The van der Waals surface area contributed by atoms with Gasteiger partial charge < -0.3 is 10.1 Å². The predicted octanol–water partition coefficient (Wildman–Crippen LogP) is 1.04. The Hall–Kier alpha value is -2.63. The minimum atomic E-state index is -3.98. The van der Waals surface area contributed by atoms with E-state index in [1.165, 1.54) is 17.4 Å². The molecule has 1 amide bonds. The Bertz CT molecular complexity index is 1100. The molecule has 1 saturated heterocycles. The second kappa shape index (κ2) is 7.41. The summed E-state index contributed by atoms with van der Waals surface area (Å²) in [5.41, 5.74) is 0.810. The van der Waals surface area contributed by atoms with Gasteiger partial charge in [0.15, 0.2) is 0 Å². The van der Waals surface area contributed by atoms with Gasteiger partial charge in [-0.25, -0.2) is 8.42 Å². The van der Waals surface area contributed by atoms with Gasteiger partial charge in [-0.05, 0) is 24.3 Å². The Balaban J connectivity index is 1.69. The molecule has 1 aliphatic heterocycles. The lowest BCUT2D eigenvalue weighted by Crippen LogP contribution is -2.44. The minimum absolute atomic E-state index is 0.0367. The molecule has 0 spiro atoms. The number of nitrogens with zero attached hydrogens (tertiary/aromatic N) is 4. The number of ether oxygens (including phenoxy) is 1. The van der Waals surface area contributed by atoms with Crippen molar-refractivity contribution >= 4 is 38.7 Å². The molecule has 3 aromatic rings. The first-order chi connectivity index (χ1) is 13.5. The van der Waals surface area contributed by atoms with Crippen molar-refractivity contribution in [3.63, 3.8) is 0 Å². The maximum atomic E-state index is 13.4. The van der Waals surface area contributed by atoms with Crippen molar-refractivity contribution in [2.75, 3.05) is 13.6 Å². The number of nitrogens with one attached hydrogen (secondary N) is 1. The summed E-state index contributed by atoms with van der Waals surface area (Å²) in [4.78, 5) is 16.4. The van der Waals surface area contributed by atoms with Crippen LogP contribution in [0.1, 0.15) is 6.42 Å². The first kappa shape index (κ1) is 18.7. The number of carbonyl (C=O) groups is 1. The number of likely N-dealkylation sites (N-methyl/N-ethyl adjacent to an activating group) is 1. The summed E-state index contributed by atoms with van der Waals surface area (Å²) < 4.78 is 42.0. The molecule has 4 rings (SSSR count). The lowest BCUT2D eigenvalue weighted by molar-refractivity contribution is -0.123. The van der Waals surface area contributed by atoms with Gasteiger partial charge in [0.1, 0.15) is 33.8 Å². The Morgan fingerprint density at radius 1 is 1.29 bits per heavy atom. The van der Waals surface area contributed by atoms with Crippen LogP contribution in [0.4, 0.5) is 0 Å². The fourth-order valence-corrected chi connectivity index (χ4v) is 5.63. The molecule has 2 atom stereocenters. The molecule has 1 N–H and O–H groups in total. The molecule has 2 aromatic heterocycles. The zero-order valence-corrected chi connectivity index (χ0v) is 16.5. The van der Waals surface area contributed by atoms with Gasteiger partial charge in [-0.2, -0.15) is 13.1 Å². The van der Waals surface area contributed by atoms with Crippen molar-refractivity contribution in [2.45, 2.75) is 23.5 Å². The van der Waals surface area contributed by atoms with Gasteiger partial charge >= 0.3 is 0 Å². The van der Waals surface area contributed by atoms with Crippen LogP contribution in [-0.4, -0.2) is 58.1 Å². The van der Waals surface area contributed by atoms with Crippen LogP contribution in [0.25, 0.3) is 11.0 Å². The zero-order valence-electron chi connectivity index (χ0n) is 14.8. The summed E-state index contributed by atoms with van der Waals surface area (Å²) in [5.74, 6) is 0.137. The first-order valence-corrected chi connectivity index (χ1v) is 10.7. The van der Waals surface area contributed by atoms with Gasteiger partial charge in [-0.3, -0.25) is 9.78 Å². The minimum Gasteiger partial charge on any atom is -0.487 e. The SMILES string of the molecule is CNC(=O)[C@@H]1C[C@H](Oc2cccnc2)CN1S(=O)(=O)c1cccc2nsnc12. The molecule has 0 radical (unpaired) electrons. The van der Waals surface area contributed by atoms with Crippen LogP contribution in [0.2, 0.25) is 0 Å². The molecule has 146 valence electrons. The highest BCUT2D eigenvalue weighted by Crippen LogP contribution is 2.31. The van der Waals surface area contributed by atoms with E-state index in [2.05, 4.69) is 19.0 Å². The van der Waals surface area contributed by atoms with Gasteiger partial charge in [-0.1, -0.05) is 6.07 Å². The van der Waals surface area contributed by atoms with Gasteiger partial charge in [0, 0.05) is 19.7 Å². The van der Waals surface area contributed by atoms with E-state index in [0.29, 0.717) is 16.8 Å². The average Bonchev–Trinajstić information content (AvgIpc) is 3.35. The van der Waals surface area contributed by atoms with E-state index in [1.54, 1.807) is 36.7 Å². The van der Waals surface area contributed by atoms with Crippen molar-refractivity contribution in [2.24, 2.45) is 0 Å². The number of pyridine rings is 1. The number of aromatic nitrogens is 3. The van der Waals surface area contributed by atoms with E-state index >= 15 is 0 Å². The summed E-state index contributed by atoms with van der Waals surface area (Å²) in [6.07, 6.45) is 2.93. The van der Waals surface area contributed by atoms with E-state index in [9.17, 15) is 13.2 Å². The van der Waals surface area contributed by atoms with Gasteiger partial charge in [0.05, 0.1) is 24.5 Å². The second-order valence-corrected chi connectivity index (χ2v) is 8.64. The highest BCUT2D eigenvalue weighted by atomic mass is 32.2. The van der Waals surface area contributed by atoms with Crippen LogP contribution in [0.3, 0.4) is 0 Å². The number of hydrogen-bond acceptors (Lipinski definition) is 8. The summed E-state index contributed by atoms with van der Waals surface area (Å²) in [6.45, 7) is 0.0449. The smallest absolute Gasteiger partial charge is 0.246 e. The zero-order chi connectivity index (χ0) is 19.7. The molecule has 0 aliphatic carbocycles. The number of amides is 1. The van der Waals surface area contributed by atoms with E-state index in [1.807, 2.05) is 0 Å². The number of benzene rings is 1. The molecule has 3 heterocycles. The standard InChI is InChI=1S/C17H17N5O4S2/c1-18-17(23)14-8-12(26-11-4-3-7-19-9-11)10-22(14)28(24,25)15-6-2-5-13-16(15)21-27-20-13/h2-7,9,12,14H,8,10H2,1H3,(H,18,23)/t12-,14-/m0/s1. The van der Waals surface area contributed by atoms with Gasteiger partial charge in [0.2, 0.25) is 15.9 Å². The Morgan fingerprint density at radius 3 is 2.89 bits per heavy atom. The topological polar surface area (TPSA) is 114 Å². The Morgan fingerprint density at radius 2 is 2.14 bits per heavy atom. The summed E-state index contributed by atoms with van der Waals surface area (Å²) >= 11 is 0.946. The molecule has 1 fully saturated rings. The largest absolute Gasteiger partial charge is 0.487 e. The monoisotopic (exact) mass is 419 g/mol. The predicted molar refractivity (Wildman–Crippen MR) is 102 cm³/mol. The quantitative estimate of drug-likeness (QED) is 0.657. The molecule has 0 unspecified atom stereocenters. The number of hydrogen-bond donors (Lipinski definition) is 1. The lowest BCUT2D eigenvalue weighted by Gasteiger charge is -2.22. The van der Waals surface area contributed by atoms with Crippen LogP contribution < -0.4 is 10.1 Å². The molecule has 9 nitrogen and oxygen atoms in total. The van der Waals surface area contributed by atoms with Crippen molar-refractivity contribution in [1.29, 1.82) is 0 Å². The third kappa shape index (κ3) is 3.32. The maximum Gasteiger partial charge on any atom is 0.246 e. The third-order valence-corrected chi connectivity index (χ3v) is 6.99. The molecule has 11 heteroatoms. The van der Waals surface area contributed by atoms with Gasteiger partial charge in [0.25, 0.3) is 0 Å². The molecule has 0 bridgehead atoms. The van der Waals surface area contributed by atoms with E-state index in [-0.39, 0.29) is 23.8 Å². The van der Waals surface area contributed by atoms with Crippen LogP contribution >= 0.6 is 11.7 Å². The molecule has 28 heavy (non-hydrogen) atoms. The summed E-state index contributed by atoms with van der Waals surface area (Å²) in [5, 5.41) is 2.54. The number of carbonyl (C=O) groups excluding carboxylic acids is 1. The summed E-state index contributed by atoms with van der Waals surface area (Å²) in [6, 6.07) is 7.39. The van der Waals surface area contributed by atoms with Crippen LogP contribution in [0, 0.1) is 0 Å². The van der Waals surface area contributed by atoms with Crippen molar-refractivity contribution in [3.05, 3.63) is 42.7 Å². The van der Waals surface area contributed by atoms with Crippen LogP contribution in [-0.2, 0) is 14.8 Å². The van der Waals surface area contributed by atoms with E-state index in [0.717, 1.165) is 11.7 Å². The van der Waals surface area contributed by atoms with Crippen molar-refractivity contribution < 1.29 is 17.9 Å². The number of fused-ring (bicyclic) bond motifs is 1. The highest BCUT2D eigenvalue weighted by molar-refractivity contribution is 7.89. The number of sulfonamides is 1. The van der Waals surface area contributed by atoms with Gasteiger partial charge in [-0.15, -0.1) is 0 Å². The Labute approximate surface area is 165 Å². The molecule has 1 aromatic carbocycles. The molecule has 0 saturated carbocycles. The first-order valence-electron chi connectivity index (χ1n) is 8.52.